The second kappa shape index (κ2) is 11.7. The van der Waals surface area contributed by atoms with Crippen molar-refractivity contribution in [2.75, 3.05) is 0 Å². The van der Waals surface area contributed by atoms with E-state index in [1.807, 2.05) is 72.1 Å². The van der Waals surface area contributed by atoms with E-state index >= 15 is 0 Å². The van der Waals surface area contributed by atoms with Crippen molar-refractivity contribution in [1.82, 2.24) is 0 Å². The molecule has 1 aliphatic carbocycles. The van der Waals surface area contributed by atoms with Gasteiger partial charge in [0.05, 0.1) is 4.88 Å². The van der Waals surface area contributed by atoms with E-state index in [0.717, 1.165) is 33.4 Å². The van der Waals surface area contributed by atoms with E-state index < -0.39 is 16.6 Å². The number of rotatable bonds is 10. The van der Waals surface area contributed by atoms with Crippen LogP contribution in [-0.4, -0.2) is 38.8 Å². The van der Waals surface area contributed by atoms with Gasteiger partial charge < -0.3 is 10.2 Å². The van der Waals surface area contributed by atoms with Crippen molar-refractivity contribution in [2.45, 2.75) is 57.2 Å². The first-order chi connectivity index (χ1) is 21.8. The van der Waals surface area contributed by atoms with Gasteiger partial charge in [-0.3, -0.25) is 14.4 Å². The predicted octanol–water partition coefficient (Wildman–Crippen LogP) is 7.64. The molecule has 1 aromatic heterocycles. The zero-order chi connectivity index (χ0) is 32.9. The van der Waals surface area contributed by atoms with Gasteiger partial charge in [0.25, 0.3) is 0 Å². The number of aliphatic hydroxyl groups is 2. The molecule has 5 nitrogen and oxygen atoms in total. The van der Waals surface area contributed by atoms with Crippen molar-refractivity contribution in [3.8, 4) is 11.1 Å². The number of hydrogen-bond acceptors (Lipinski definition) is 6. The Kier molecular flexibility index (Phi) is 8.01. The van der Waals surface area contributed by atoms with Crippen molar-refractivity contribution >= 4 is 28.7 Å². The van der Waals surface area contributed by atoms with Gasteiger partial charge in [0.2, 0.25) is 5.78 Å². The van der Waals surface area contributed by atoms with Crippen LogP contribution in [0.3, 0.4) is 0 Å². The van der Waals surface area contributed by atoms with E-state index in [2.05, 4.69) is 12.1 Å². The van der Waals surface area contributed by atoms with E-state index in [9.17, 15) is 24.6 Å². The Bertz CT molecular complexity index is 1870. The fraction of sp³-hybridized carbons (Fsp3) is 0.225. The van der Waals surface area contributed by atoms with E-state index in [1.54, 1.807) is 24.3 Å². The van der Waals surface area contributed by atoms with E-state index in [-0.39, 0.29) is 17.3 Å². The number of ketones is 3. The molecule has 46 heavy (non-hydrogen) atoms. The third-order valence-electron chi connectivity index (χ3n) is 8.83. The van der Waals surface area contributed by atoms with Crippen molar-refractivity contribution < 1.29 is 24.6 Å². The molecule has 4 aromatic carbocycles. The van der Waals surface area contributed by atoms with Gasteiger partial charge in [-0.1, -0.05) is 91.0 Å². The fourth-order valence-electron chi connectivity index (χ4n) is 6.54. The summed E-state index contributed by atoms with van der Waals surface area (Å²) in [5.74, 6) is -0.711. The Balaban J connectivity index is 1.49. The van der Waals surface area contributed by atoms with Gasteiger partial charge in [0.15, 0.2) is 11.6 Å². The first kappa shape index (κ1) is 31.5. The molecule has 0 radical (unpaired) electrons. The number of carbonyl (C=O) groups excluding carboxylic acids is 3. The Morgan fingerprint density at radius 1 is 0.609 bits per heavy atom. The van der Waals surface area contributed by atoms with Crippen LogP contribution in [0.5, 0.6) is 0 Å². The maximum absolute atomic E-state index is 13.6. The Labute approximate surface area is 273 Å². The van der Waals surface area contributed by atoms with Crippen molar-refractivity contribution in [3.63, 3.8) is 0 Å². The highest BCUT2D eigenvalue weighted by Crippen LogP contribution is 2.52. The maximum Gasteiger partial charge on any atom is 0.202 e. The number of Topliss-reactive ketones (excluding diaryl/α,β-unsaturated/α-hetero) is 2. The molecule has 0 unspecified atom stereocenters. The Hall–Kier alpha value is -4.49. The van der Waals surface area contributed by atoms with Crippen LogP contribution in [0.25, 0.3) is 11.1 Å². The number of fused-ring (bicyclic) bond motifs is 3. The molecule has 0 bridgehead atoms. The summed E-state index contributed by atoms with van der Waals surface area (Å²) in [6.07, 6.45) is 1.16. The highest BCUT2D eigenvalue weighted by molar-refractivity contribution is 7.12. The average molecular weight is 629 g/mol. The second-order valence-corrected chi connectivity index (χ2v) is 14.2. The highest BCUT2D eigenvalue weighted by atomic mass is 32.1. The lowest BCUT2D eigenvalue weighted by molar-refractivity contribution is 0.0487. The minimum absolute atomic E-state index is 0.0216. The van der Waals surface area contributed by atoms with E-state index in [1.165, 1.54) is 39.0 Å². The minimum atomic E-state index is -1.48. The highest BCUT2D eigenvalue weighted by Gasteiger charge is 2.44. The molecular formula is C40H36O5S. The van der Waals surface area contributed by atoms with Crippen LogP contribution in [0.2, 0.25) is 0 Å². The summed E-state index contributed by atoms with van der Waals surface area (Å²) < 4.78 is 0. The summed E-state index contributed by atoms with van der Waals surface area (Å²) in [7, 11) is 0. The molecule has 1 heterocycles. The van der Waals surface area contributed by atoms with Gasteiger partial charge in [-0.2, -0.15) is 0 Å². The molecule has 0 amide bonds. The summed E-state index contributed by atoms with van der Waals surface area (Å²) in [4.78, 5) is 39.8. The maximum atomic E-state index is 13.6. The summed E-state index contributed by atoms with van der Waals surface area (Å²) in [6.45, 7) is 5.94. The first-order valence-corrected chi connectivity index (χ1v) is 16.2. The van der Waals surface area contributed by atoms with Crippen LogP contribution in [0.15, 0.2) is 109 Å². The van der Waals surface area contributed by atoms with Gasteiger partial charge in [0.1, 0.15) is 11.2 Å². The molecule has 2 N–H and O–H groups in total. The molecular weight excluding hydrogens is 593 g/mol. The van der Waals surface area contributed by atoms with Crippen LogP contribution in [-0.2, 0) is 18.3 Å². The van der Waals surface area contributed by atoms with Gasteiger partial charge >= 0.3 is 0 Å². The van der Waals surface area contributed by atoms with Crippen molar-refractivity contribution in [2.24, 2.45) is 0 Å². The minimum Gasteiger partial charge on any atom is -0.382 e. The second-order valence-electron chi connectivity index (χ2n) is 13.2. The molecule has 0 fully saturated rings. The van der Waals surface area contributed by atoms with Crippen LogP contribution in [0.4, 0.5) is 0 Å². The fourth-order valence-corrected chi connectivity index (χ4v) is 7.23. The Morgan fingerprint density at radius 3 is 1.61 bits per heavy atom. The molecule has 1 aliphatic rings. The molecule has 0 saturated carbocycles. The predicted molar refractivity (Wildman–Crippen MR) is 182 cm³/mol. The molecule has 6 rings (SSSR count). The molecule has 0 saturated heterocycles. The molecule has 0 spiro atoms. The standard InChI is InChI=1S/C40H36O5S/c1-38(2,44)36(42)27-15-11-25(12-16-27)23-40(24-26-13-17-28(18-14-26)37(43)39(3,4)45)32-9-6-5-8-30(32)31-20-19-29(22-33(31)40)35(41)34-10-7-21-46-34/h5-22,44-45H,23-24H2,1-4H3. The molecule has 6 heteroatoms. The quantitative estimate of drug-likeness (QED) is 0.155. The molecule has 0 atom stereocenters. The lowest BCUT2D eigenvalue weighted by Gasteiger charge is -2.33. The number of hydrogen-bond donors (Lipinski definition) is 2. The topological polar surface area (TPSA) is 91.7 Å². The molecule has 232 valence electrons. The lowest BCUT2D eigenvalue weighted by Crippen LogP contribution is -2.32. The van der Waals surface area contributed by atoms with Gasteiger partial charge in [-0.05, 0) is 91.4 Å². The zero-order valence-electron chi connectivity index (χ0n) is 26.3. The summed E-state index contributed by atoms with van der Waals surface area (Å²) in [6, 6.07) is 32.8. The molecule has 0 aliphatic heterocycles. The van der Waals surface area contributed by atoms with Gasteiger partial charge in [-0.25, -0.2) is 0 Å². The van der Waals surface area contributed by atoms with Crippen molar-refractivity contribution in [3.05, 3.63) is 152 Å². The van der Waals surface area contributed by atoms with E-state index in [0.29, 0.717) is 34.4 Å². The third kappa shape index (κ3) is 5.80. The number of carbonyl (C=O) groups is 3. The summed E-state index contributed by atoms with van der Waals surface area (Å²) in [5.41, 5.74) is 4.32. The lowest BCUT2D eigenvalue weighted by atomic mass is 9.69. The van der Waals surface area contributed by atoms with Gasteiger partial charge in [-0.15, -0.1) is 11.3 Å². The summed E-state index contributed by atoms with van der Waals surface area (Å²) >= 11 is 1.42. The number of benzene rings is 4. The van der Waals surface area contributed by atoms with Crippen LogP contribution < -0.4 is 0 Å². The van der Waals surface area contributed by atoms with Crippen molar-refractivity contribution in [1.29, 1.82) is 0 Å². The number of thiophene rings is 1. The third-order valence-corrected chi connectivity index (χ3v) is 9.70. The summed E-state index contributed by atoms with van der Waals surface area (Å²) in [5, 5.41) is 22.5. The normalized spacial score (nSPS) is 13.6. The first-order valence-electron chi connectivity index (χ1n) is 15.3. The van der Waals surface area contributed by atoms with E-state index in [4.69, 9.17) is 0 Å². The molecule has 5 aromatic rings. The Morgan fingerprint density at radius 2 is 1.11 bits per heavy atom. The SMILES string of the molecule is CC(C)(O)C(=O)c1ccc(CC2(Cc3ccc(C(=O)C(C)(C)O)cc3)c3ccccc3-c3ccc(C(=O)c4cccs4)cc32)cc1. The smallest absolute Gasteiger partial charge is 0.202 e. The zero-order valence-corrected chi connectivity index (χ0v) is 27.2. The van der Waals surface area contributed by atoms with Crippen LogP contribution in [0, 0.1) is 0 Å². The monoisotopic (exact) mass is 628 g/mol. The van der Waals surface area contributed by atoms with Crippen LogP contribution >= 0.6 is 11.3 Å². The van der Waals surface area contributed by atoms with Crippen LogP contribution in [0.1, 0.15) is 85.9 Å². The largest absolute Gasteiger partial charge is 0.382 e. The average Bonchev–Trinajstić information content (AvgIpc) is 3.66. The van der Waals surface area contributed by atoms with Gasteiger partial charge in [0, 0.05) is 22.1 Å².